The Hall–Kier alpha value is -6.76. The first-order valence-electron chi connectivity index (χ1n) is 14.7. The molecule has 0 saturated carbocycles. The molecule has 7 aromatic rings. The highest BCUT2D eigenvalue weighted by atomic mass is 16.2. The number of amides is 2. The Balaban J connectivity index is 1.42. The molecule has 0 N–H and O–H groups in total. The summed E-state index contributed by atoms with van der Waals surface area (Å²) in [4.78, 5) is 28.9. The minimum absolute atomic E-state index is 0.341. The number of nitrogens with zero attached hydrogens (tertiary/aromatic N) is 4. The lowest BCUT2D eigenvalue weighted by atomic mass is 9.96. The second-order valence-corrected chi connectivity index (χ2v) is 11.1. The maximum atomic E-state index is 14.0. The van der Waals surface area contributed by atoms with Gasteiger partial charge in [-0.25, -0.2) is 4.90 Å². The van der Waals surface area contributed by atoms with Crippen LogP contribution in [0.4, 0.5) is 5.69 Å². The van der Waals surface area contributed by atoms with Crippen molar-refractivity contribution >= 4 is 39.3 Å². The highest BCUT2D eigenvalue weighted by Gasteiger charge is 2.39. The second-order valence-electron chi connectivity index (χ2n) is 11.1. The summed E-state index contributed by atoms with van der Waals surface area (Å²) < 4.78 is 2.03. The van der Waals surface area contributed by atoms with Crippen molar-refractivity contribution in [3.05, 3.63) is 156 Å². The summed E-state index contributed by atoms with van der Waals surface area (Å²) in [7, 11) is 0. The van der Waals surface area contributed by atoms with Crippen molar-refractivity contribution in [3.8, 4) is 40.1 Å². The summed E-state index contributed by atoms with van der Waals surface area (Å²) in [6.07, 6.45) is 0. The minimum Gasteiger partial charge on any atom is -0.308 e. The maximum Gasteiger partial charge on any atom is 0.268 e. The minimum atomic E-state index is -0.379. The molecule has 1 aliphatic heterocycles. The van der Waals surface area contributed by atoms with Gasteiger partial charge in [0.15, 0.2) is 0 Å². The van der Waals surface area contributed by atoms with Gasteiger partial charge < -0.3 is 4.57 Å². The predicted octanol–water partition coefficient (Wildman–Crippen LogP) is 8.66. The molecule has 8 rings (SSSR count). The van der Waals surface area contributed by atoms with Crippen LogP contribution in [0.15, 0.2) is 133 Å². The standard InChI is InChI=1S/C40H22N4O2/c41-23-27-9-4-6-13-30(27)25-17-19-35-33(21-25)34-22-26(31-14-7-5-10-28(31)24-42)18-20-36(34)44(35)37-16-8-15-32-38(37)40(46)43(39(32)45)29-11-2-1-3-12-29/h1-22H. The fourth-order valence-corrected chi connectivity index (χ4v) is 6.55. The fourth-order valence-electron chi connectivity index (χ4n) is 6.55. The van der Waals surface area contributed by atoms with Crippen LogP contribution in [0.25, 0.3) is 49.7 Å². The van der Waals surface area contributed by atoms with Gasteiger partial charge in [-0.2, -0.15) is 10.5 Å². The highest BCUT2D eigenvalue weighted by molar-refractivity contribution is 6.35. The van der Waals surface area contributed by atoms with Crippen molar-refractivity contribution in [2.75, 3.05) is 4.90 Å². The molecule has 1 aromatic heterocycles. The molecule has 0 bridgehead atoms. The first kappa shape index (κ1) is 26.8. The molecule has 1 aliphatic rings. The van der Waals surface area contributed by atoms with E-state index in [0.717, 1.165) is 44.1 Å². The SMILES string of the molecule is N#Cc1ccccc1-c1ccc2c(c1)c1cc(-c3ccccc3C#N)ccc1n2-c1cccc2c1C(=O)N(c1ccccc1)C2=O. The number of carbonyl (C=O) groups is 2. The Labute approximate surface area is 264 Å². The average Bonchev–Trinajstić information content (AvgIpc) is 3.58. The van der Waals surface area contributed by atoms with E-state index >= 15 is 0 Å². The number of benzene rings is 6. The molecule has 214 valence electrons. The van der Waals surface area contributed by atoms with Crippen molar-refractivity contribution in [2.45, 2.75) is 0 Å². The third-order valence-corrected chi connectivity index (χ3v) is 8.63. The largest absolute Gasteiger partial charge is 0.308 e. The Bertz CT molecular complexity index is 2380. The lowest BCUT2D eigenvalue weighted by Gasteiger charge is -2.14. The molecule has 6 aromatic carbocycles. The average molecular weight is 591 g/mol. The van der Waals surface area contributed by atoms with Gasteiger partial charge in [0.25, 0.3) is 11.8 Å². The van der Waals surface area contributed by atoms with Crippen molar-refractivity contribution in [2.24, 2.45) is 0 Å². The van der Waals surface area contributed by atoms with E-state index in [0.29, 0.717) is 33.6 Å². The molecular weight excluding hydrogens is 568 g/mol. The van der Waals surface area contributed by atoms with E-state index < -0.39 is 0 Å². The van der Waals surface area contributed by atoms with E-state index in [-0.39, 0.29) is 11.8 Å². The molecule has 0 unspecified atom stereocenters. The van der Waals surface area contributed by atoms with Crippen LogP contribution in [0.3, 0.4) is 0 Å². The van der Waals surface area contributed by atoms with Crippen LogP contribution in [0.2, 0.25) is 0 Å². The van der Waals surface area contributed by atoms with Crippen LogP contribution in [0.1, 0.15) is 31.8 Å². The second kappa shape index (κ2) is 10.4. The number of para-hydroxylation sites is 1. The number of carbonyl (C=O) groups excluding carboxylic acids is 2. The third kappa shape index (κ3) is 3.95. The van der Waals surface area contributed by atoms with E-state index in [4.69, 9.17) is 0 Å². The van der Waals surface area contributed by atoms with Gasteiger partial charge in [-0.3, -0.25) is 9.59 Å². The number of imide groups is 1. The van der Waals surface area contributed by atoms with Crippen molar-refractivity contribution in [1.29, 1.82) is 10.5 Å². The van der Waals surface area contributed by atoms with E-state index in [2.05, 4.69) is 24.3 Å². The Kier molecular flexibility index (Phi) is 6.10. The van der Waals surface area contributed by atoms with Crippen LogP contribution in [-0.2, 0) is 0 Å². The van der Waals surface area contributed by atoms with Crippen LogP contribution in [-0.4, -0.2) is 16.4 Å². The zero-order valence-corrected chi connectivity index (χ0v) is 24.3. The summed E-state index contributed by atoms with van der Waals surface area (Å²) in [5.41, 5.74) is 8.02. The number of anilines is 1. The van der Waals surface area contributed by atoms with Crippen LogP contribution < -0.4 is 4.90 Å². The molecular formula is C40H22N4O2. The first-order chi connectivity index (χ1) is 22.6. The maximum absolute atomic E-state index is 14.0. The lowest BCUT2D eigenvalue weighted by molar-refractivity contribution is 0.0926. The number of rotatable bonds is 4. The number of nitriles is 2. The van der Waals surface area contributed by atoms with Gasteiger partial charge in [-0.15, -0.1) is 0 Å². The quantitative estimate of drug-likeness (QED) is 0.192. The smallest absolute Gasteiger partial charge is 0.268 e. The Morgan fingerprint density at radius 2 is 1.02 bits per heavy atom. The van der Waals surface area contributed by atoms with Gasteiger partial charge in [-0.1, -0.05) is 72.8 Å². The van der Waals surface area contributed by atoms with Gasteiger partial charge in [0, 0.05) is 10.8 Å². The van der Waals surface area contributed by atoms with Gasteiger partial charge in [0.2, 0.25) is 0 Å². The zero-order valence-electron chi connectivity index (χ0n) is 24.3. The van der Waals surface area contributed by atoms with Gasteiger partial charge in [-0.05, 0) is 82.9 Å². The first-order valence-corrected chi connectivity index (χ1v) is 14.7. The summed E-state index contributed by atoms with van der Waals surface area (Å²) in [5.74, 6) is -0.740. The van der Waals surface area contributed by atoms with E-state index in [9.17, 15) is 20.1 Å². The number of aromatic nitrogens is 1. The number of hydrogen-bond acceptors (Lipinski definition) is 4. The number of hydrogen-bond donors (Lipinski definition) is 0. The van der Waals surface area contributed by atoms with E-state index in [1.54, 1.807) is 48.5 Å². The molecule has 0 fully saturated rings. The van der Waals surface area contributed by atoms with Crippen molar-refractivity contribution in [3.63, 3.8) is 0 Å². The summed E-state index contributed by atoms with van der Waals surface area (Å²) >= 11 is 0. The van der Waals surface area contributed by atoms with E-state index in [1.807, 2.05) is 77.4 Å². The summed E-state index contributed by atoms with van der Waals surface area (Å²) in [6.45, 7) is 0. The van der Waals surface area contributed by atoms with Crippen molar-refractivity contribution in [1.82, 2.24) is 4.57 Å². The van der Waals surface area contributed by atoms with Crippen LogP contribution in [0.5, 0.6) is 0 Å². The lowest BCUT2D eigenvalue weighted by Crippen LogP contribution is -2.29. The Morgan fingerprint density at radius 3 is 1.59 bits per heavy atom. The van der Waals surface area contributed by atoms with Gasteiger partial charge >= 0.3 is 0 Å². The van der Waals surface area contributed by atoms with Gasteiger partial charge in [0.05, 0.1) is 56.8 Å². The summed E-state index contributed by atoms with van der Waals surface area (Å²) in [5, 5.41) is 21.5. The summed E-state index contributed by atoms with van der Waals surface area (Å²) in [6, 6.07) is 46.0. The Morgan fingerprint density at radius 1 is 0.500 bits per heavy atom. The molecule has 2 heterocycles. The molecule has 6 heteroatoms. The van der Waals surface area contributed by atoms with E-state index in [1.165, 1.54) is 4.90 Å². The molecule has 0 atom stereocenters. The van der Waals surface area contributed by atoms with Crippen molar-refractivity contribution < 1.29 is 9.59 Å². The molecule has 6 nitrogen and oxygen atoms in total. The monoisotopic (exact) mass is 590 g/mol. The molecule has 0 aliphatic carbocycles. The molecule has 2 amide bonds. The molecule has 0 spiro atoms. The topological polar surface area (TPSA) is 89.9 Å². The highest BCUT2D eigenvalue weighted by Crippen LogP contribution is 2.40. The third-order valence-electron chi connectivity index (χ3n) is 8.63. The molecule has 0 saturated heterocycles. The van der Waals surface area contributed by atoms with Crippen LogP contribution in [0, 0.1) is 22.7 Å². The van der Waals surface area contributed by atoms with Gasteiger partial charge in [0.1, 0.15) is 0 Å². The number of fused-ring (bicyclic) bond motifs is 4. The zero-order chi connectivity index (χ0) is 31.4. The molecule has 46 heavy (non-hydrogen) atoms. The fraction of sp³-hybridized carbons (Fsp3) is 0. The molecule has 0 radical (unpaired) electrons. The van der Waals surface area contributed by atoms with Crippen LogP contribution >= 0.6 is 0 Å². The normalized spacial score (nSPS) is 12.3. The predicted molar refractivity (Wildman–Crippen MR) is 179 cm³/mol.